The average Bonchev–Trinajstić information content (AvgIpc) is 2.39. The summed E-state index contributed by atoms with van der Waals surface area (Å²) in [5.41, 5.74) is 1.74. The standard InChI is InChI=1S/C14H20N2O2/c1-10-4-5-12(8-13(10)18-3)14(17)16-7-6-15-9-11(16)2/h4-5,8,11,15H,6-7,9H2,1-3H3/t11-/m0/s1. The maximum absolute atomic E-state index is 12.4. The van der Waals surface area contributed by atoms with Crippen LogP contribution in [0.15, 0.2) is 18.2 Å². The van der Waals surface area contributed by atoms with Gasteiger partial charge in [0.25, 0.3) is 5.91 Å². The monoisotopic (exact) mass is 248 g/mol. The number of amides is 1. The number of methoxy groups -OCH3 is 1. The Labute approximate surface area is 108 Å². The van der Waals surface area contributed by atoms with E-state index < -0.39 is 0 Å². The smallest absolute Gasteiger partial charge is 0.254 e. The van der Waals surface area contributed by atoms with Gasteiger partial charge in [-0.15, -0.1) is 0 Å². The van der Waals surface area contributed by atoms with Crippen molar-refractivity contribution >= 4 is 5.91 Å². The maximum atomic E-state index is 12.4. The summed E-state index contributed by atoms with van der Waals surface area (Å²) in [6, 6.07) is 5.86. The van der Waals surface area contributed by atoms with Crippen LogP contribution in [0.5, 0.6) is 5.75 Å². The van der Waals surface area contributed by atoms with Crippen molar-refractivity contribution in [2.45, 2.75) is 19.9 Å². The minimum absolute atomic E-state index is 0.0855. The highest BCUT2D eigenvalue weighted by Gasteiger charge is 2.24. The molecule has 4 heteroatoms. The Hall–Kier alpha value is -1.55. The molecule has 1 fully saturated rings. The summed E-state index contributed by atoms with van der Waals surface area (Å²) in [5, 5.41) is 3.28. The van der Waals surface area contributed by atoms with Crippen molar-refractivity contribution in [2.24, 2.45) is 0 Å². The van der Waals surface area contributed by atoms with E-state index in [0.29, 0.717) is 5.56 Å². The molecule has 0 saturated carbocycles. The lowest BCUT2D eigenvalue weighted by Gasteiger charge is -2.34. The number of benzene rings is 1. The third-order valence-corrected chi connectivity index (χ3v) is 3.42. The first-order valence-electron chi connectivity index (χ1n) is 6.30. The van der Waals surface area contributed by atoms with Gasteiger partial charge in [0, 0.05) is 31.2 Å². The molecule has 1 saturated heterocycles. The van der Waals surface area contributed by atoms with Crippen LogP contribution in [0.25, 0.3) is 0 Å². The van der Waals surface area contributed by atoms with Gasteiger partial charge >= 0.3 is 0 Å². The molecule has 1 N–H and O–H groups in total. The van der Waals surface area contributed by atoms with Crippen LogP contribution in [0.1, 0.15) is 22.8 Å². The van der Waals surface area contributed by atoms with Gasteiger partial charge in [-0.2, -0.15) is 0 Å². The fourth-order valence-corrected chi connectivity index (χ4v) is 2.26. The van der Waals surface area contributed by atoms with Crippen molar-refractivity contribution in [3.63, 3.8) is 0 Å². The molecule has 0 unspecified atom stereocenters. The molecule has 98 valence electrons. The number of carbonyl (C=O) groups excluding carboxylic acids is 1. The molecule has 18 heavy (non-hydrogen) atoms. The van der Waals surface area contributed by atoms with Crippen LogP contribution < -0.4 is 10.1 Å². The summed E-state index contributed by atoms with van der Waals surface area (Å²) >= 11 is 0. The molecule has 1 amide bonds. The Morgan fingerprint density at radius 3 is 2.94 bits per heavy atom. The van der Waals surface area contributed by atoms with E-state index in [1.807, 2.05) is 30.0 Å². The van der Waals surface area contributed by atoms with Crippen molar-refractivity contribution in [1.29, 1.82) is 0 Å². The highest BCUT2D eigenvalue weighted by molar-refractivity contribution is 5.95. The number of hydrogen-bond donors (Lipinski definition) is 1. The minimum Gasteiger partial charge on any atom is -0.496 e. The van der Waals surface area contributed by atoms with E-state index in [-0.39, 0.29) is 11.9 Å². The maximum Gasteiger partial charge on any atom is 0.254 e. The molecule has 4 nitrogen and oxygen atoms in total. The largest absolute Gasteiger partial charge is 0.496 e. The number of carbonyl (C=O) groups is 1. The number of rotatable bonds is 2. The molecule has 1 aromatic carbocycles. The predicted octanol–water partition coefficient (Wildman–Crippen LogP) is 1.44. The van der Waals surface area contributed by atoms with Gasteiger partial charge in [0.1, 0.15) is 5.75 Å². The molecule has 0 radical (unpaired) electrons. The molecule has 2 rings (SSSR count). The van der Waals surface area contributed by atoms with E-state index in [9.17, 15) is 4.79 Å². The second kappa shape index (κ2) is 5.40. The molecule has 1 heterocycles. The molecule has 1 aromatic rings. The van der Waals surface area contributed by atoms with Crippen LogP contribution in [0, 0.1) is 6.92 Å². The fourth-order valence-electron chi connectivity index (χ4n) is 2.26. The second-order valence-corrected chi connectivity index (χ2v) is 4.74. The zero-order valence-corrected chi connectivity index (χ0v) is 11.2. The Morgan fingerprint density at radius 1 is 1.50 bits per heavy atom. The molecule has 1 aliphatic rings. The average molecular weight is 248 g/mol. The van der Waals surface area contributed by atoms with Gasteiger partial charge in [0.2, 0.25) is 0 Å². The number of hydrogen-bond acceptors (Lipinski definition) is 3. The Morgan fingerprint density at radius 2 is 2.28 bits per heavy atom. The van der Waals surface area contributed by atoms with Gasteiger partial charge in [0.05, 0.1) is 7.11 Å². The van der Waals surface area contributed by atoms with Gasteiger partial charge < -0.3 is 15.0 Å². The van der Waals surface area contributed by atoms with Crippen molar-refractivity contribution in [3.8, 4) is 5.75 Å². The highest BCUT2D eigenvalue weighted by Crippen LogP contribution is 2.20. The quantitative estimate of drug-likeness (QED) is 0.861. The molecule has 1 aliphatic heterocycles. The zero-order valence-electron chi connectivity index (χ0n) is 11.2. The van der Waals surface area contributed by atoms with Gasteiger partial charge in [-0.25, -0.2) is 0 Å². The van der Waals surface area contributed by atoms with Crippen LogP contribution in [-0.4, -0.2) is 43.6 Å². The van der Waals surface area contributed by atoms with E-state index >= 15 is 0 Å². The number of ether oxygens (including phenoxy) is 1. The van der Waals surface area contributed by atoms with Gasteiger partial charge in [-0.3, -0.25) is 4.79 Å². The topological polar surface area (TPSA) is 41.6 Å². The van der Waals surface area contributed by atoms with E-state index in [2.05, 4.69) is 12.2 Å². The first-order valence-corrected chi connectivity index (χ1v) is 6.30. The summed E-state index contributed by atoms with van der Waals surface area (Å²) in [5.74, 6) is 0.853. The Kier molecular flexibility index (Phi) is 3.87. The molecular formula is C14H20N2O2. The van der Waals surface area contributed by atoms with Crippen LogP contribution in [-0.2, 0) is 0 Å². The van der Waals surface area contributed by atoms with Crippen molar-refractivity contribution in [2.75, 3.05) is 26.7 Å². The highest BCUT2D eigenvalue weighted by atomic mass is 16.5. The normalized spacial score (nSPS) is 19.7. The lowest BCUT2D eigenvalue weighted by Crippen LogP contribution is -2.52. The van der Waals surface area contributed by atoms with Gasteiger partial charge in [-0.1, -0.05) is 6.07 Å². The summed E-state index contributed by atoms with van der Waals surface area (Å²) in [6.45, 7) is 6.51. The number of piperazine rings is 1. The van der Waals surface area contributed by atoms with Gasteiger partial charge in [0.15, 0.2) is 0 Å². The molecule has 1 atom stereocenters. The van der Waals surface area contributed by atoms with Crippen LogP contribution in [0.4, 0.5) is 0 Å². The van der Waals surface area contributed by atoms with Crippen molar-refractivity contribution < 1.29 is 9.53 Å². The van der Waals surface area contributed by atoms with Crippen LogP contribution in [0.3, 0.4) is 0 Å². The van der Waals surface area contributed by atoms with Gasteiger partial charge in [-0.05, 0) is 31.5 Å². The second-order valence-electron chi connectivity index (χ2n) is 4.74. The van der Waals surface area contributed by atoms with E-state index in [1.165, 1.54) is 0 Å². The number of nitrogens with zero attached hydrogens (tertiary/aromatic N) is 1. The first kappa shape index (κ1) is 12.9. The third-order valence-electron chi connectivity index (χ3n) is 3.42. The van der Waals surface area contributed by atoms with E-state index in [4.69, 9.17) is 4.74 Å². The molecule has 0 aromatic heterocycles. The van der Waals surface area contributed by atoms with E-state index in [1.54, 1.807) is 7.11 Å². The summed E-state index contributed by atoms with van der Waals surface area (Å²) < 4.78 is 5.27. The van der Waals surface area contributed by atoms with Crippen molar-refractivity contribution in [3.05, 3.63) is 29.3 Å². The molecule has 0 aliphatic carbocycles. The predicted molar refractivity (Wildman–Crippen MR) is 71.1 cm³/mol. The fraction of sp³-hybridized carbons (Fsp3) is 0.500. The number of aryl methyl sites for hydroxylation is 1. The summed E-state index contributed by atoms with van der Waals surface area (Å²) in [4.78, 5) is 14.3. The zero-order chi connectivity index (χ0) is 13.1. The first-order chi connectivity index (χ1) is 8.63. The minimum atomic E-state index is 0.0855. The Balaban J connectivity index is 2.22. The Bertz CT molecular complexity index is 445. The van der Waals surface area contributed by atoms with Crippen LogP contribution >= 0.6 is 0 Å². The molecular weight excluding hydrogens is 228 g/mol. The van der Waals surface area contributed by atoms with Crippen molar-refractivity contribution in [1.82, 2.24) is 10.2 Å². The SMILES string of the molecule is COc1cc(C(=O)N2CCNC[C@@H]2C)ccc1C. The molecule has 0 spiro atoms. The lowest BCUT2D eigenvalue weighted by atomic mass is 10.1. The molecule has 0 bridgehead atoms. The van der Waals surface area contributed by atoms with Crippen LogP contribution in [0.2, 0.25) is 0 Å². The lowest BCUT2D eigenvalue weighted by molar-refractivity contribution is 0.0655. The number of nitrogens with one attached hydrogen (secondary N) is 1. The van der Waals surface area contributed by atoms with E-state index in [0.717, 1.165) is 30.9 Å². The summed E-state index contributed by atoms with van der Waals surface area (Å²) in [7, 11) is 1.63. The summed E-state index contributed by atoms with van der Waals surface area (Å²) in [6.07, 6.45) is 0. The third kappa shape index (κ3) is 2.48.